The molecule has 0 radical (unpaired) electrons. The van der Waals surface area contributed by atoms with E-state index in [1.807, 2.05) is 20.8 Å². The molecule has 4 nitrogen and oxygen atoms in total. The Balaban J connectivity index is 2.89. The molecule has 1 aromatic heterocycles. The van der Waals surface area contributed by atoms with Gasteiger partial charge in [-0.2, -0.15) is 0 Å². The summed E-state index contributed by atoms with van der Waals surface area (Å²) < 4.78 is 5.26. The van der Waals surface area contributed by atoms with Crippen LogP contribution in [0.3, 0.4) is 0 Å². The molecule has 0 fully saturated rings. The van der Waals surface area contributed by atoms with Crippen molar-refractivity contribution in [2.45, 2.75) is 26.8 Å². The number of aromatic nitrogens is 2. The van der Waals surface area contributed by atoms with Gasteiger partial charge in [-0.1, -0.05) is 27.4 Å². The van der Waals surface area contributed by atoms with Crippen LogP contribution in [0, 0.1) is 5.41 Å². The predicted octanol–water partition coefficient (Wildman–Crippen LogP) is 1.76. The van der Waals surface area contributed by atoms with E-state index in [2.05, 4.69) is 16.8 Å². The van der Waals surface area contributed by atoms with Crippen molar-refractivity contribution in [3.8, 4) is 0 Å². The van der Waals surface area contributed by atoms with Crippen molar-refractivity contribution in [2.24, 2.45) is 11.1 Å². The van der Waals surface area contributed by atoms with Crippen LogP contribution in [0.25, 0.3) is 6.08 Å². The Morgan fingerprint density at radius 3 is 2.46 bits per heavy atom. The topological polar surface area (TPSA) is 64.9 Å². The van der Waals surface area contributed by atoms with Crippen LogP contribution in [0.4, 0.5) is 0 Å². The molecular weight excluding hydrogens is 166 g/mol. The smallest absolute Gasteiger partial charge is 0.240 e. The Hall–Kier alpha value is -1.16. The van der Waals surface area contributed by atoms with Crippen LogP contribution in [0.15, 0.2) is 11.0 Å². The van der Waals surface area contributed by atoms with Crippen LogP contribution in [-0.4, -0.2) is 10.2 Å². The summed E-state index contributed by atoms with van der Waals surface area (Å²) >= 11 is 0. The minimum atomic E-state index is -0.242. The van der Waals surface area contributed by atoms with Gasteiger partial charge in [0.15, 0.2) is 0 Å². The fourth-order valence-corrected chi connectivity index (χ4v) is 0.825. The standard InChI is InChI=1S/C9H15N3O/c1-5-6-11-12-8(13-6)7(10)9(2,3)4/h5,7H,1,10H2,2-4H3/t7-/m0/s1. The second kappa shape index (κ2) is 3.30. The zero-order chi connectivity index (χ0) is 10.1. The number of hydrogen-bond donors (Lipinski definition) is 1. The minimum absolute atomic E-state index is 0.0784. The maximum absolute atomic E-state index is 5.91. The molecule has 1 aromatic rings. The Morgan fingerprint density at radius 1 is 1.46 bits per heavy atom. The van der Waals surface area contributed by atoms with Gasteiger partial charge in [-0.15, -0.1) is 10.2 Å². The van der Waals surface area contributed by atoms with E-state index in [1.165, 1.54) is 6.08 Å². The Kier molecular flexibility index (Phi) is 2.52. The van der Waals surface area contributed by atoms with Gasteiger partial charge >= 0.3 is 0 Å². The van der Waals surface area contributed by atoms with E-state index in [9.17, 15) is 0 Å². The van der Waals surface area contributed by atoms with Crippen LogP contribution < -0.4 is 5.73 Å². The molecule has 2 N–H and O–H groups in total. The Bertz CT molecular complexity index is 298. The first kappa shape index (κ1) is 9.92. The molecular formula is C9H15N3O. The van der Waals surface area contributed by atoms with Crippen molar-refractivity contribution >= 4 is 6.08 Å². The van der Waals surface area contributed by atoms with E-state index in [-0.39, 0.29) is 11.5 Å². The average Bonchev–Trinajstić information content (AvgIpc) is 2.48. The van der Waals surface area contributed by atoms with Crippen molar-refractivity contribution in [3.05, 3.63) is 18.4 Å². The predicted molar refractivity (Wildman–Crippen MR) is 50.8 cm³/mol. The third kappa shape index (κ3) is 2.15. The first-order valence-corrected chi connectivity index (χ1v) is 4.16. The van der Waals surface area contributed by atoms with E-state index in [0.717, 1.165) is 0 Å². The molecule has 1 heterocycles. The van der Waals surface area contributed by atoms with Crippen molar-refractivity contribution in [3.63, 3.8) is 0 Å². The Labute approximate surface area is 77.8 Å². The molecule has 0 saturated carbocycles. The summed E-state index contributed by atoms with van der Waals surface area (Å²) in [6.45, 7) is 9.60. The molecule has 72 valence electrons. The molecule has 0 saturated heterocycles. The fourth-order valence-electron chi connectivity index (χ4n) is 0.825. The summed E-state index contributed by atoms with van der Waals surface area (Å²) in [5.74, 6) is 0.872. The number of rotatable bonds is 2. The minimum Gasteiger partial charge on any atom is -0.420 e. The van der Waals surface area contributed by atoms with Gasteiger partial charge in [0.2, 0.25) is 11.8 Å². The maximum Gasteiger partial charge on any atom is 0.240 e. The van der Waals surface area contributed by atoms with Gasteiger partial charge in [0, 0.05) is 0 Å². The van der Waals surface area contributed by atoms with Crippen molar-refractivity contribution < 1.29 is 4.42 Å². The number of hydrogen-bond acceptors (Lipinski definition) is 4. The monoisotopic (exact) mass is 181 g/mol. The first-order valence-electron chi connectivity index (χ1n) is 4.16. The normalized spacial score (nSPS) is 14.2. The first-order chi connectivity index (χ1) is 5.95. The third-order valence-electron chi connectivity index (χ3n) is 1.83. The van der Waals surface area contributed by atoms with E-state index < -0.39 is 0 Å². The van der Waals surface area contributed by atoms with Gasteiger partial charge in [-0.05, 0) is 11.5 Å². The quantitative estimate of drug-likeness (QED) is 0.755. The van der Waals surface area contributed by atoms with Gasteiger partial charge in [-0.25, -0.2) is 0 Å². The van der Waals surface area contributed by atoms with Crippen molar-refractivity contribution in [2.75, 3.05) is 0 Å². The third-order valence-corrected chi connectivity index (χ3v) is 1.83. The summed E-state index contributed by atoms with van der Waals surface area (Å²) in [7, 11) is 0. The highest BCUT2D eigenvalue weighted by Gasteiger charge is 2.26. The molecule has 1 rings (SSSR count). The van der Waals surface area contributed by atoms with E-state index in [0.29, 0.717) is 11.8 Å². The summed E-state index contributed by atoms with van der Waals surface area (Å²) in [6.07, 6.45) is 1.51. The average molecular weight is 181 g/mol. The molecule has 0 bridgehead atoms. The molecule has 0 aliphatic rings. The largest absolute Gasteiger partial charge is 0.420 e. The molecule has 0 aliphatic carbocycles. The van der Waals surface area contributed by atoms with Gasteiger partial charge in [0.25, 0.3) is 0 Å². The number of nitrogens with two attached hydrogens (primary N) is 1. The lowest BCUT2D eigenvalue weighted by Crippen LogP contribution is -2.26. The zero-order valence-electron chi connectivity index (χ0n) is 8.24. The van der Waals surface area contributed by atoms with Gasteiger partial charge in [0.1, 0.15) is 0 Å². The SMILES string of the molecule is C=Cc1nnc([C@H](N)C(C)(C)C)o1. The van der Waals surface area contributed by atoms with Gasteiger partial charge in [-0.3, -0.25) is 0 Å². The van der Waals surface area contributed by atoms with Crippen LogP contribution in [0.2, 0.25) is 0 Å². The van der Waals surface area contributed by atoms with Crippen molar-refractivity contribution in [1.29, 1.82) is 0 Å². The highest BCUT2D eigenvalue weighted by Crippen LogP contribution is 2.29. The molecule has 4 heteroatoms. The van der Waals surface area contributed by atoms with Crippen LogP contribution >= 0.6 is 0 Å². The van der Waals surface area contributed by atoms with E-state index in [1.54, 1.807) is 0 Å². The van der Waals surface area contributed by atoms with E-state index in [4.69, 9.17) is 10.2 Å². The van der Waals surface area contributed by atoms with Crippen LogP contribution in [0.5, 0.6) is 0 Å². The Morgan fingerprint density at radius 2 is 2.08 bits per heavy atom. The molecule has 0 aliphatic heterocycles. The summed E-state index contributed by atoms with van der Waals surface area (Å²) in [5, 5.41) is 7.60. The van der Waals surface area contributed by atoms with Crippen molar-refractivity contribution in [1.82, 2.24) is 10.2 Å². The summed E-state index contributed by atoms with van der Waals surface area (Å²) in [6, 6.07) is -0.242. The highest BCUT2D eigenvalue weighted by molar-refractivity contribution is 5.32. The lowest BCUT2D eigenvalue weighted by Gasteiger charge is -2.23. The van der Waals surface area contributed by atoms with Gasteiger partial charge < -0.3 is 10.2 Å². The lowest BCUT2D eigenvalue weighted by molar-refractivity contribution is 0.276. The molecule has 0 aromatic carbocycles. The second-order valence-corrected chi connectivity index (χ2v) is 4.03. The second-order valence-electron chi connectivity index (χ2n) is 4.03. The molecule has 0 unspecified atom stereocenters. The van der Waals surface area contributed by atoms with Crippen LogP contribution in [-0.2, 0) is 0 Å². The molecule has 0 spiro atoms. The number of nitrogens with zero attached hydrogens (tertiary/aromatic N) is 2. The zero-order valence-corrected chi connectivity index (χ0v) is 8.24. The van der Waals surface area contributed by atoms with E-state index >= 15 is 0 Å². The van der Waals surface area contributed by atoms with Crippen LogP contribution in [0.1, 0.15) is 38.6 Å². The maximum atomic E-state index is 5.91. The summed E-state index contributed by atoms with van der Waals surface area (Å²) in [5.41, 5.74) is 5.83. The molecule has 1 atom stereocenters. The fraction of sp³-hybridized carbons (Fsp3) is 0.556. The highest BCUT2D eigenvalue weighted by atomic mass is 16.4. The molecule has 13 heavy (non-hydrogen) atoms. The molecule has 0 amide bonds. The summed E-state index contributed by atoms with van der Waals surface area (Å²) in [4.78, 5) is 0. The van der Waals surface area contributed by atoms with Gasteiger partial charge in [0.05, 0.1) is 6.04 Å². The lowest BCUT2D eigenvalue weighted by atomic mass is 9.87.